The minimum Gasteiger partial charge on any atom is -0.377 e. The Morgan fingerprint density at radius 1 is 1.10 bits per heavy atom. The Bertz CT molecular complexity index is 393. The van der Waals surface area contributed by atoms with Crippen molar-refractivity contribution in [3.63, 3.8) is 0 Å². The molecule has 0 amide bonds. The maximum absolute atomic E-state index is 8.73. The molecule has 0 aliphatic rings. The van der Waals surface area contributed by atoms with Crippen LogP contribution in [0.1, 0.15) is 53.4 Å². The van der Waals surface area contributed by atoms with Gasteiger partial charge in [-0.3, -0.25) is 0 Å². The lowest BCUT2D eigenvalue weighted by atomic mass is 10.0. The van der Waals surface area contributed by atoms with Crippen LogP contribution in [0.15, 0.2) is 23.9 Å². The standard InChI is InChI=1S/C18H29N3/c1-5-7-9-17(4)15-21(14-16(3)6-2)11-8-10-18(12-19)13-20/h8,10-11,16-17H,5-7,9,14-15H2,1-4H3. The molecule has 21 heavy (non-hydrogen) atoms. The third-order valence-corrected chi connectivity index (χ3v) is 3.64. The van der Waals surface area contributed by atoms with E-state index in [1.54, 1.807) is 6.08 Å². The van der Waals surface area contributed by atoms with E-state index in [0.717, 1.165) is 19.5 Å². The van der Waals surface area contributed by atoms with Crippen molar-refractivity contribution in [2.45, 2.75) is 53.4 Å². The summed E-state index contributed by atoms with van der Waals surface area (Å²) >= 11 is 0. The lowest BCUT2D eigenvalue weighted by Gasteiger charge is -2.27. The van der Waals surface area contributed by atoms with Crippen molar-refractivity contribution in [1.82, 2.24) is 4.90 Å². The topological polar surface area (TPSA) is 50.8 Å². The van der Waals surface area contributed by atoms with Gasteiger partial charge >= 0.3 is 0 Å². The summed E-state index contributed by atoms with van der Waals surface area (Å²) < 4.78 is 0. The van der Waals surface area contributed by atoms with Gasteiger partial charge in [-0.2, -0.15) is 10.5 Å². The van der Waals surface area contributed by atoms with Crippen LogP contribution in [-0.4, -0.2) is 18.0 Å². The molecule has 0 aromatic heterocycles. The van der Waals surface area contributed by atoms with Gasteiger partial charge in [0.15, 0.2) is 0 Å². The molecule has 0 fully saturated rings. The predicted octanol–water partition coefficient (Wildman–Crippen LogP) is 4.65. The molecule has 0 N–H and O–H groups in total. The molecule has 0 bridgehead atoms. The van der Waals surface area contributed by atoms with Gasteiger partial charge in [0.05, 0.1) is 0 Å². The average molecular weight is 287 g/mol. The van der Waals surface area contributed by atoms with E-state index in [-0.39, 0.29) is 5.57 Å². The Morgan fingerprint density at radius 3 is 2.24 bits per heavy atom. The fraction of sp³-hybridized carbons (Fsp3) is 0.667. The molecule has 3 heteroatoms. The first-order valence-electron chi connectivity index (χ1n) is 8.00. The van der Waals surface area contributed by atoms with Gasteiger partial charge in [-0.1, -0.05) is 47.0 Å². The van der Waals surface area contributed by atoms with E-state index in [9.17, 15) is 0 Å². The molecule has 2 unspecified atom stereocenters. The Labute approximate surface area is 130 Å². The molecule has 0 aromatic rings. The Balaban J connectivity index is 4.67. The van der Waals surface area contributed by atoms with Gasteiger partial charge in [-0.15, -0.1) is 0 Å². The van der Waals surface area contributed by atoms with Crippen molar-refractivity contribution in [1.29, 1.82) is 10.5 Å². The molecule has 0 aromatic carbocycles. The van der Waals surface area contributed by atoms with Crippen LogP contribution < -0.4 is 0 Å². The smallest absolute Gasteiger partial charge is 0.129 e. The first-order valence-corrected chi connectivity index (χ1v) is 8.00. The number of unbranched alkanes of at least 4 members (excludes halogenated alkanes) is 1. The van der Waals surface area contributed by atoms with Crippen LogP contribution in [0.3, 0.4) is 0 Å². The van der Waals surface area contributed by atoms with Gasteiger partial charge < -0.3 is 4.90 Å². The highest BCUT2D eigenvalue weighted by molar-refractivity contribution is 5.37. The second kappa shape index (κ2) is 12.0. The highest BCUT2D eigenvalue weighted by Gasteiger charge is 2.09. The molecule has 116 valence electrons. The van der Waals surface area contributed by atoms with Crippen LogP contribution in [0.5, 0.6) is 0 Å². The van der Waals surface area contributed by atoms with Crippen LogP contribution in [0, 0.1) is 34.5 Å². The molecule has 0 rings (SSSR count). The summed E-state index contributed by atoms with van der Waals surface area (Å²) in [6.07, 6.45) is 10.3. The SMILES string of the molecule is CCCCC(C)CN(C=CC=C(C#N)C#N)CC(C)CC. The van der Waals surface area contributed by atoms with E-state index in [4.69, 9.17) is 10.5 Å². The van der Waals surface area contributed by atoms with Gasteiger partial charge in [-0.25, -0.2) is 0 Å². The van der Waals surface area contributed by atoms with E-state index in [1.807, 2.05) is 24.4 Å². The average Bonchev–Trinajstić information content (AvgIpc) is 2.49. The first-order chi connectivity index (χ1) is 10.1. The van der Waals surface area contributed by atoms with Crippen molar-refractivity contribution in [2.24, 2.45) is 11.8 Å². The Morgan fingerprint density at radius 2 is 1.71 bits per heavy atom. The van der Waals surface area contributed by atoms with E-state index >= 15 is 0 Å². The van der Waals surface area contributed by atoms with Gasteiger partial charge in [0, 0.05) is 13.1 Å². The van der Waals surface area contributed by atoms with Crippen molar-refractivity contribution < 1.29 is 0 Å². The number of nitrogens with zero attached hydrogens (tertiary/aromatic N) is 3. The summed E-state index contributed by atoms with van der Waals surface area (Å²) in [5.41, 5.74) is 0.147. The summed E-state index contributed by atoms with van der Waals surface area (Å²) in [6, 6.07) is 3.75. The molecular weight excluding hydrogens is 258 g/mol. The number of hydrogen-bond donors (Lipinski definition) is 0. The van der Waals surface area contributed by atoms with E-state index in [2.05, 4.69) is 32.6 Å². The monoisotopic (exact) mass is 287 g/mol. The maximum atomic E-state index is 8.73. The van der Waals surface area contributed by atoms with Crippen LogP contribution in [0.25, 0.3) is 0 Å². The molecule has 0 aliphatic heterocycles. The van der Waals surface area contributed by atoms with Gasteiger partial charge in [0.25, 0.3) is 0 Å². The molecule has 0 saturated heterocycles. The van der Waals surface area contributed by atoms with E-state index in [0.29, 0.717) is 11.8 Å². The minimum absolute atomic E-state index is 0.147. The van der Waals surface area contributed by atoms with Gasteiger partial charge in [0.1, 0.15) is 17.7 Å². The van der Waals surface area contributed by atoms with E-state index in [1.165, 1.54) is 19.3 Å². The van der Waals surface area contributed by atoms with Gasteiger partial charge in [-0.05, 0) is 36.6 Å². The quantitative estimate of drug-likeness (QED) is 0.434. The lowest BCUT2D eigenvalue weighted by Crippen LogP contribution is -2.28. The summed E-state index contributed by atoms with van der Waals surface area (Å²) in [7, 11) is 0. The number of hydrogen-bond acceptors (Lipinski definition) is 3. The van der Waals surface area contributed by atoms with Gasteiger partial charge in [0.2, 0.25) is 0 Å². The maximum Gasteiger partial charge on any atom is 0.129 e. The van der Waals surface area contributed by atoms with Crippen molar-refractivity contribution in [3.05, 3.63) is 23.9 Å². The minimum atomic E-state index is 0.147. The molecule has 0 radical (unpaired) electrons. The molecule has 0 heterocycles. The van der Waals surface area contributed by atoms with E-state index < -0.39 is 0 Å². The number of allylic oxidation sites excluding steroid dienone is 3. The summed E-state index contributed by atoms with van der Waals surface area (Å²) in [5.74, 6) is 1.30. The zero-order chi connectivity index (χ0) is 16.1. The van der Waals surface area contributed by atoms with Crippen molar-refractivity contribution in [3.8, 4) is 12.1 Å². The second-order valence-corrected chi connectivity index (χ2v) is 5.86. The summed E-state index contributed by atoms with van der Waals surface area (Å²) in [4.78, 5) is 2.32. The zero-order valence-electron chi connectivity index (χ0n) is 14.0. The highest BCUT2D eigenvalue weighted by Crippen LogP contribution is 2.13. The summed E-state index contributed by atoms with van der Waals surface area (Å²) in [5, 5.41) is 17.5. The number of nitriles is 2. The summed E-state index contributed by atoms with van der Waals surface area (Å²) in [6.45, 7) is 11.0. The third kappa shape index (κ3) is 9.74. The predicted molar refractivity (Wildman–Crippen MR) is 88.2 cm³/mol. The van der Waals surface area contributed by atoms with Crippen LogP contribution in [0.2, 0.25) is 0 Å². The molecule has 3 nitrogen and oxygen atoms in total. The molecule has 2 atom stereocenters. The fourth-order valence-corrected chi connectivity index (χ4v) is 2.13. The number of rotatable bonds is 10. The largest absolute Gasteiger partial charge is 0.377 e. The molecule has 0 aliphatic carbocycles. The van der Waals surface area contributed by atoms with Crippen molar-refractivity contribution in [2.75, 3.05) is 13.1 Å². The lowest BCUT2D eigenvalue weighted by molar-refractivity contribution is 0.268. The Hall–Kier alpha value is -1.74. The van der Waals surface area contributed by atoms with Crippen LogP contribution in [-0.2, 0) is 0 Å². The highest BCUT2D eigenvalue weighted by atomic mass is 15.1. The molecular formula is C18H29N3. The fourth-order valence-electron chi connectivity index (χ4n) is 2.13. The second-order valence-electron chi connectivity index (χ2n) is 5.86. The van der Waals surface area contributed by atoms with Crippen molar-refractivity contribution >= 4 is 0 Å². The first kappa shape index (κ1) is 19.3. The Kier molecular flexibility index (Phi) is 11.0. The third-order valence-electron chi connectivity index (χ3n) is 3.64. The zero-order valence-corrected chi connectivity index (χ0v) is 14.0. The normalized spacial score (nSPS) is 13.2. The van der Waals surface area contributed by atoms with Crippen LogP contribution in [0.4, 0.5) is 0 Å². The van der Waals surface area contributed by atoms with Crippen LogP contribution >= 0.6 is 0 Å². The molecule has 0 spiro atoms. The molecule has 0 saturated carbocycles.